The molecular weight excluding hydrogens is 255 g/mol. The van der Waals surface area contributed by atoms with Gasteiger partial charge in [0.1, 0.15) is 0 Å². The Balaban J connectivity index is 3.53. The summed E-state index contributed by atoms with van der Waals surface area (Å²) < 4.78 is 21.8. The minimum absolute atomic E-state index is 0.584. The molecule has 0 aliphatic heterocycles. The van der Waals surface area contributed by atoms with Crippen molar-refractivity contribution in [2.24, 2.45) is 0 Å². The van der Waals surface area contributed by atoms with E-state index >= 15 is 0 Å². The van der Waals surface area contributed by atoms with Crippen molar-refractivity contribution in [3.63, 3.8) is 0 Å². The van der Waals surface area contributed by atoms with Gasteiger partial charge in [0.15, 0.2) is 0 Å². The van der Waals surface area contributed by atoms with Crippen molar-refractivity contribution in [2.75, 3.05) is 13.2 Å². The van der Waals surface area contributed by atoms with Crippen LogP contribution in [-0.2, 0) is 13.6 Å². The standard InChI is InChI=1S/C10H27O3PSi2/c1-15(2,3)9-7-12-14(11)13-8-10-16(4,5)6/h14H,7-10H2,1-6H3. The largest absolute Gasteiger partial charge is 0.319 e. The van der Waals surface area contributed by atoms with Crippen molar-refractivity contribution >= 4 is 24.4 Å². The maximum Gasteiger partial charge on any atom is 0.319 e. The van der Waals surface area contributed by atoms with Gasteiger partial charge in [-0.05, 0) is 12.1 Å². The molecule has 3 nitrogen and oxygen atoms in total. The molecule has 0 aliphatic carbocycles. The van der Waals surface area contributed by atoms with E-state index in [0.717, 1.165) is 12.1 Å². The first-order chi connectivity index (χ1) is 7.10. The highest BCUT2D eigenvalue weighted by Gasteiger charge is 2.15. The summed E-state index contributed by atoms with van der Waals surface area (Å²) in [6, 6.07) is 2.08. The highest BCUT2D eigenvalue weighted by molar-refractivity contribution is 7.33. The smallest absolute Gasteiger partial charge is 0.311 e. The quantitative estimate of drug-likeness (QED) is 0.497. The molecule has 0 aliphatic rings. The molecule has 0 unspecified atom stereocenters. The van der Waals surface area contributed by atoms with E-state index in [0.29, 0.717) is 13.2 Å². The predicted molar refractivity (Wildman–Crippen MR) is 77.2 cm³/mol. The zero-order valence-corrected chi connectivity index (χ0v) is 14.6. The fraction of sp³-hybridized carbons (Fsp3) is 1.00. The van der Waals surface area contributed by atoms with Gasteiger partial charge in [0.05, 0.1) is 13.2 Å². The van der Waals surface area contributed by atoms with Crippen LogP contribution in [0.15, 0.2) is 0 Å². The van der Waals surface area contributed by atoms with Crippen LogP contribution in [0.5, 0.6) is 0 Å². The molecule has 0 saturated heterocycles. The zero-order chi connectivity index (χ0) is 12.8. The summed E-state index contributed by atoms with van der Waals surface area (Å²) in [6.07, 6.45) is 0. The third-order valence-corrected chi connectivity index (χ3v) is 6.43. The molecule has 0 aromatic heterocycles. The van der Waals surface area contributed by atoms with Crippen molar-refractivity contribution in [3.05, 3.63) is 0 Å². The average molecular weight is 282 g/mol. The van der Waals surface area contributed by atoms with E-state index in [4.69, 9.17) is 9.05 Å². The van der Waals surface area contributed by atoms with Crippen LogP contribution in [0.2, 0.25) is 51.4 Å². The number of rotatable bonds is 8. The van der Waals surface area contributed by atoms with Gasteiger partial charge in [0.2, 0.25) is 0 Å². The first-order valence-corrected chi connectivity index (χ1v) is 14.5. The number of hydrogen-bond donors (Lipinski definition) is 0. The van der Waals surface area contributed by atoms with Crippen molar-refractivity contribution in [2.45, 2.75) is 51.4 Å². The topological polar surface area (TPSA) is 35.5 Å². The molecule has 0 rings (SSSR count). The molecule has 0 atom stereocenters. The Labute approximate surface area is 103 Å². The van der Waals surface area contributed by atoms with Crippen molar-refractivity contribution in [1.29, 1.82) is 0 Å². The van der Waals surface area contributed by atoms with Gasteiger partial charge in [-0.15, -0.1) is 0 Å². The van der Waals surface area contributed by atoms with Gasteiger partial charge in [-0.1, -0.05) is 39.3 Å². The summed E-state index contributed by atoms with van der Waals surface area (Å²) in [7, 11) is -4.40. The minimum Gasteiger partial charge on any atom is -0.311 e. The second kappa shape index (κ2) is 7.11. The molecule has 0 amide bonds. The van der Waals surface area contributed by atoms with Crippen LogP contribution in [-0.4, -0.2) is 29.4 Å². The highest BCUT2D eigenvalue weighted by Crippen LogP contribution is 2.26. The first-order valence-electron chi connectivity index (χ1n) is 5.90. The van der Waals surface area contributed by atoms with E-state index in [2.05, 4.69) is 39.3 Å². The fourth-order valence-electron chi connectivity index (χ4n) is 0.923. The third-order valence-electron chi connectivity index (χ3n) is 2.14. The van der Waals surface area contributed by atoms with E-state index < -0.39 is 24.4 Å². The van der Waals surface area contributed by atoms with Gasteiger partial charge in [-0.25, -0.2) is 0 Å². The summed E-state index contributed by atoms with van der Waals surface area (Å²) in [5, 5.41) is 0. The van der Waals surface area contributed by atoms with Crippen LogP contribution in [0.25, 0.3) is 0 Å². The maximum atomic E-state index is 11.4. The SMILES string of the molecule is C[Si](C)(C)CCO[PH](=O)OCC[Si](C)(C)C. The summed E-state index contributed by atoms with van der Waals surface area (Å²) in [6.45, 7) is 14.8. The van der Waals surface area contributed by atoms with E-state index in [1.54, 1.807) is 0 Å². The predicted octanol–water partition coefficient (Wildman–Crippen LogP) is 4.09. The van der Waals surface area contributed by atoms with Crippen molar-refractivity contribution in [3.8, 4) is 0 Å². The van der Waals surface area contributed by atoms with E-state index in [1.165, 1.54) is 0 Å². The molecule has 16 heavy (non-hydrogen) atoms. The monoisotopic (exact) mass is 282 g/mol. The summed E-state index contributed by atoms with van der Waals surface area (Å²) >= 11 is 0. The van der Waals surface area contributed by atoms with E-state index in [1.807, 2.05) is 0 Å². The first kappa shape index (κ1) is 16.6. The average Bonchev–Trinajstić information content (AvgIpc) is 1.98. The molecule has 0 heterocycles. The normalized spacial score (nSPS) is 13.4. The van der Waals surface area contributed by atoms with Gasteiger partial charge in [-0.2, -0.15) is 0 Å². The molecule has 6 heteroatoms. The lowest BCUT2D eigenvalue weighted by Crippen LogP contribution is -2.21. The Kier molecular flexibility index (Phi) is 7.37. The van der Waals surface area contributed by atoms with E-state index in [-0.39, 0.29) is 0 Å². The molecule has 0 fully saturated rings. The second-order valence-corrected chi connectivity index (χ2v) is 18.9. The Hall–Kier alpha value is 0.584. The Morgan fingerprint density at radius 2 is 1.12 bits per heavy atom. The Morgan fingerprint density at radius 1 is 0.812 bits per heavy atom. The van der Waals surface area contributed by atoms with E-state index in [9.17, 15) is 4.57 Å². The van der Waals surface area contributed by atoms with Crippen LogP contribution in [0.1, 0.15) is 0 Å². The Morgan fingerprint density at radius 3 is 1.38 bits per heavy atom. The molecule has 0 aromatic rings. The van der Waals surface area contributed by atoms with Crippen LogP contribution in [0.3, 0.4) is 0 Å². The van der Waals surface area contributed by atoms with Crippen LogP contribution >= 0.6 is 8.25 Å². The fourth-order valence-corrected chi connectivity index (χ4v) is 3.38. The molecule has 0 radical (unpaired) electrons. The minimum atomic E-state index is -2.24. The maximum absolute atomic E-state index is 11.4. The molecule has 98 valence electrons. The molecule has 0 aromatic carbocycles. The molecule has 0 saturated carbocycles. The summed E-state index contributed by atoms with van der Waals surface area (Å²) in [5.41, 5.74) is 0. The van der Waals surface area contributed by atoms with Gasteiger partial charge < -0.3 is 9.05 Å². The molecular formula is C10H27O3PSi2. The van der Waals surface area contributed by atoms with Crippen LogP contribution < -0.4 is 0 Å². The van der Waals surface area contributed by atoms with Crippen LogP contribution in [0.4, 0.5) is 0 Å². The lowest BCUT2D eigenvalue weighted by atomic mass is 10.9. The lowest BCUT2D eigenvalue weighted by Gasteiger charge is -2.16. The van der Waals surface area contributed by atoms with Crippen molar-refractivity contribution in [1.82, 2.24) is 0 Å². The molecule has 0 N–H and O–H groups in total. The van der Waals surface area contributed by atoms with Gasteiger partial charge in [-0.3, -0.25) is 4.57 Å². The summed E-state index contributed by atoms with van der Waals surface area (Å²) in [5.74, 6) is 0. The number of hydrogen-bond acceptors (Lipinski definition) is 3. The lowest BCUT2D eigenvalue weighted by molar-refractivity contribution is 0.242. The zero-order valence-electron chi connectivity index (χ0n) is 11.6. The Bertz CT molecular complexity index is 199. The third kappa shape index (κ3) is 12.7. The van der Waals surface area contributed by atoms with Gasteiger partial charge in [0, 0.05) is 16.1 Å². The molecule has 0 bridgehead atoms. The van der Waals surface area contributed by atoms with Gasteiger partial charge >= 0.3 is 8.25 Å². The summed E-state index contributed by atoms with van der Waals surface area (Å²) in [4.78, 5) is 0. The second-order valence-electron chi connectivity index (χ2n) is 6.57. The van der Waals surface area contributed by atoms with Crippen molar-refractivity contribution < 1.29 is 13.6 Å². The van der Waals surface area contributed by atoms with Crippen LogP contribution in [0, 0.1) is 0 Å². The molecule has 0 spiro atoms. The highest BCUT2D eigenvalue weighted by atomic mass is 31.1. The van der Waals surface area contributed by atoms with Gasteiger partial charge in [0.25, 0.3) is 0 Å².